The molecule has 3 heterocycles. The van der Waals surface area contributed by atoms with E-state index in [0.29, 0.717) is 36.1 Å². The SMILES string of the molecule is CC1c2nnc(-c3csc(C(F)(F)F)n3)n2CCN1C=O. The number of amides is 1. The fourth-order valence-electron chi connectivity index (χ4n) is 2.24. The third-order valence-corrected chi connectivity index (χ3v) is 4.23. The van der Waals surface area contributed by atoms with Crippen molar-refractivity contribution in [2.24, 2.45) is 0 Å². The molecule has 0 aliphatic carbocycles. The Balaban J connectivity index is 1.99. The van der Waals surface area contributed by atoms with Crippen molar-refractivity contribution in [2.75, 3.05) is 6.54 Å². The van der Waals surface area contributed by atoms with Gasteiger partial charge in [-0.2, -0.15) is 13.2 Å². The molecule has 0 aromatic carbocycles. The highest BCUT2D eigenvalue weighted by Crippen LogP contribution is 2.34. The van der Waals surface area contributed by atoms with Crippen LogP contribution >= 0.6 is 11.3 Å². The van der Waals surface area contributed by atoms with Crippen molar-refractivity contribution < 1.29 is 18.0 Å². The van der Waals surface area contributed by atoms with Crippen LogP contribution in [0.25, 0.3) is 11.5 Å². The van der Waals surface area contributed by atoms with E-state index in [1.807, 2.05) is 0 Å². The van der Waals surface area contributed by atoms with Crippen LogP contribution in [-0.2, 0) is 17.5 Å². The number of carbonyl (C=O) groups excluding carboxylic acids is 1. The maximum Gasteiger partial charge on any atom is 0.443 e. The Morgan fingerprint density at radius 1 is 1.38 bits per heavy atom. The summed E-state index contributed by atoms with van der Waals surface area (Å²) in [4.78, 5) is 16.1. The third-order valence-electron chi connectivity index (χ3n) is 3.34. The van der Waals surface area contributed by atoms with Gasteiger partial charge >= 0.3 is 6.18 Å². The van der Waals surface area contributed by atoms with Crippen LogP contribution in [0, 0.1) is 0 Å². The number of hydrogen-bond acceptors (Lipinski definition) is 5. The van der Waals surface area contributed by atoms with Gasteiger partial charge in [0, 0.05) is 18.5 Å². The zero-order chi connectivity index (χ0) is 15.2. The molecule has 2 aromatic rings. The Bertz CT molecular complexity index is 680. The van der Waals surface area contributed by atoms with E-state index in [4.69, 9.17) is 0 Å². The molecule has 0 saturated carbocycles. The number of hydrogen-bond donors (Lipinski definition) is 0. The van der Waals surface area contributed by atoms with Gasteiger partial charge in [-0.1, -0.05) is 0 Å². The van der Waals surface area contributed by atoms with Crippen LogP contribution in [0.5, 0.6) is 0 Å². The zero-order valence-electron chi connectivity index (χ0n) is 10.8. The summed E-state index contributed by atoms with van der Waals surface area (Å²) < 4.78 is 39.5. The fraction of sp³-hybridized carbons (Fsp3) is 0.455. The van der Waals surface area contributed by atoms with Crippen molar-refractivity contribution in [3.63, 3.8) is 0 Å². The minimum Gasteiger partial charge on any atom is -0.333 e. The number of fused-ring (bicyclic) bond motifs is 1. The Morgan fingerprint density at radius 3 is 2.76 bits per heavy atom. The second kappa shape index (κ2) is 4.79. The second-order valence-electron chi connectivity index (χ2n) is 4.59. The summed E-state index contributed by atoms with van der Waals surface area (Å²) in [5.74, 6) is 0.846. The topological polar surface area (TPSA) is 63.9 Å². The summed E-state index contributed by atoms with van der Waals surface area (Å²) in [5.41, 5.74) is 0.151. The lowest BCUT2D eigenvalue weighted by molar-refractivity contribution is -0.137. The summed E-state index contributed by atoms with van der Waals surface area (Å²) in [6.07, 6.45) is -3.73. The van der Waals surface area contributed by atoms with Gasteiger partial charge in [-0.05, 0) is 6.92 Å². The van der Waals surface area contributed by atoms with Crippen LogP contribution in [0.1, 0.15) is 23.8 Å². The molecule has 1 aliphatic rings. The summed E-state index contributed by atoms with van der Waals surface area (Å²) in [6.45, 7) is 2.68. The van der Waals surface area contributed by atoms with Crippen LogP contribution in [0.4, 0.5) is 13.2 Å². The summed E-state index contributed by atoms with van der Waals surface area (Å²) >= 11 is 0.527. The number of thiazole rings is 1. The number of alkyl halides is 3. The van der Waals surface area contributed by atoms with E-state index in [-0.39, 0.29) is 11.7 Å². The van der Waals surface area contributed by atoms with Crippen molar-refractivity contribution in [2.45, 2.75) is 25.7 Å². The van der Waals surface area contributed by atoms with Gasteiger partial charge in [-0.3, -0.25) is 4.79 Å². The highest BCUT2D eigenvalue weighted by Gasteiger charge is 2.36. The maximum atomic E-state index is 12.6. The summed E-state index contributed by atoms with van der Waals surface area (Å²) in [6, 6.07) is -0.266. The lowest BCUT2D eigenvalue weighted by Crippen LogP contribution is -2.36. The zero-order valence-corrected chi connectivity index (χ0v) is 11.6. The van der Waals surface area contributed by atoms with Crippen LogP contribution in [0.2, 0.25) is 0 Å². The molecule has 0 saturated heterocycles. The van der Waals surface area contributed by atoms with E-state index in [1.165, 1.54) is 5.38 Å². The molecule has 0 bridgehead atoms. The molecule has 1 atom stereocenters. The molecular formula is C11H10F3N5OS. The van der Waals surface area contributed by atoms with Gasteiger partial charge in [0.05, 0.1) is 6.04 Å². The van der Waals surface area contributed by atoms with Crippen LogP contribution in [0.15, 0.2) is 5.38 Å². The Morgan fingerprint density at radius 2 is 2.14 bits per heavy atom. The van der Waals surface area contributed by atoms with Crippen molar-refractivity contribution >= 4 is 17.7 Å². The average Bonchev–Trinajstić information content (AvgIpc) is 3.04. The lowest BCUT2D eigenvalue weighted by atomic mass is 10.2. The van der Waals surface area contributed by atoms with Crippen LogP contribution in [0.3, 0.4) is 0 Å². The number of aromatic nitrogens is 4. The molecule has 3 rings (SSSR count). The van der Waals surface area contributed by atoms with Crippen molar-refractivity contribution in [3.8, 4) is 11.5 Å². The van der Waals surface area contributed by atoms with E-state index in [1.54, 1.807) is 16.4 Å². The monoisotopic (exact) mass is 317 g/mol. The first kappa shape index (κ1) is 14.0. The molecule has 1 amide bonds. The molecule has 1 aliphatic heterocycles. The summed E-state index contributed by atoms with van der Waals surface area (Å²) in [5, 5.41) is 8.32. The minimum absolute atomic E-state index is 0.151. The lowest BCUT2D eigenvalue weighted by Gasteiger charge is -2.30. The molecule has 6 nitrogen and oxygen atoms in total. The van der Waals surface area contributed by atoms with Crippen molar-refractivity contribution in [3.05, 3.63) is 16.2 Å². The molecule has 10 heteroatoms. The van der Waals surface area contributed by atoms with Crippen molar-refractivity contribution in [1.82, 2.24) is 24.6 Å². The molecule has 0 radical (unpaired) electrons. The molecule has 1 unspecified atom stereocenters. The molecule has 0 fully saturated rings. The van der Waals surface area contributed by atoms with E-state index >= 15 is 0 Å². The standard InChI is InChI=1S/C11H10F3N5OS/c1-6-8-16-17-9(19(8)3-2-18(6)5-20)7-4-21-10(15-7)11(12,13)14/h4-6H,2-3H2,1H3. The van der Waals surface area contributed by atoms with Crippen molar-refractivity contribution in [1.29, 1.82) is 0 Å². The molecule has 21 heavy (non-hydrogen) atoms. The molecule has 0 N–H and O–H groups in total. The second-order valence-corrected chi connectivity index (χ2v) is 5.45. The fourth-order valence-corrected chi connectivity index (χ4v) is 2.91. The largest absolute Gasteiger partial charge is 0.443 e. The molecular weight excluding hydrogens is 307 g/mol. The number of halogens is 3. The number of carbonyl (C=O) groups is 1. The normalized spacial score (nSPS) is 18.7. The van der Waals surface area contributed by atoms with Gasteiger partial charge < -0.3 is 9.47 Å². The van der Waals surface area contributed by atoms with Gasteiger partial charge in [0.2, 0.25) is 6.41 Å². The maximum absolute atomic E-state index is 12.6. The van der Waals surface area contributed by atoms with E-state index in [0.717, 1.165) is 6.41 Å². The third kappa shape index (κ3) is 2.28. The Hall–Kier alpha value is -1.97. The molecule has 0 spiro atoms. The number of rotatable bonds is 2. The molecule has 2 aromatic heterocycles. The van der Waals surface area contributed by atoms with Gasteiger partial charge in [-0.25, -0.2) is 4.98 Å². The highest BCUT2D eigenvalue weighted by atomic mass is 32.1. The predicted molar refractivity (Wildman–Crippen MR) is 67.3 cm³/mol. The van der Waals surface area contributed by atoms with E-state index in [9.17, 15) is 18.0 Å². The Labute approximate surface area is 121 Å². The molecule has 112 valence electrons. The first-order valence-electron chi connectivity index (χ1n) is 6.09. The van der Waals surface area contributed by atoms with E-state index in [2.05, 4.69) is 15.2 Å². The van der Waals surface area contributed by atoms with Gasteiger partial charge in [0.1, 0.15) is 5.69 Å². The number of nitrogens with zero attached hydrogens (tertiary/aromatic N) is 5. The van der Waals surface area contributed by atoms with Crippen LogP contribution in [-0.4, -0.2) is 37.6 Å². The van der Waals surface area contributed by atoms with Gasteiger partial charge in [0.15, 0.2) is 16.7 Å². The first-order chi connectivity index (χ1) is 9.91. The van der Waals surface area contributed by atoms with Gasteiger partial charge in [-0.15, -0.1) is 21.5 Å². The highest BCUT2D eigenvalue weighted by molar-refractivity contribution is 7.10. The predicted octanol–water partition coefficient (Wildman–Crippen LogP) is 1.95. The smallest absolute Gasteiger partial charge is 0.333 e. The minimum atomic E-state index is -4.46. The average molecular weight is 317 g/mol. The van der Waals surface area contributed by atoms with Gasteiger partial charge in [0.25, 0.3) is 0 Å². The van der Waals surface area contributed by atoms with E-state index < -0.39 is 11.2 Å². The summed E-state index contributed by atoms with van der Waals surface area (Å²) in [7, 11) is 0. The first-order valence-corrected chi connectivity index (χ1v) is 6.97. The quantitative estimate of drug-likeness (QED) is 0.794. The Kier molecular flexibility index (Phi) is 3.19. The van der Waals surface area contributed by atoms with Crippen LogP contribution < -0.4 is 0 Å².